The highest BCUT2D eigenvalue weighted by molar-refractivity contribution is 7.90. The summed E-state index contributed by atoms with van der Waals surface area (Å²) in [5.41, 5.74) is 2.71. The molecule has 0 aliphatic rings. The number of benzene rings is 3. The largest absolute Gasteiger partial charge is 0.573 e. The van der Waals surface area contributed by atoms with E-state index in [-0.39, 0.29) is 35.2 Å². The van der Waals surface area contributed by atoms with Crippen molar-refractivity contribution < 1.29 is 31.1 Å². The number of nitrogens with one attached hydrogen (secondary N) is 1. The van der Waals surface area contributed by atoms with Crippen LogP contribution in [0.5, 0.6) is 5.75 Å². The van der Waals surface area contributed by atoms with Gasteiger partial charge >= 0.3 is 6.36 Å². The summed E-state index contributed by atoms with van der Waals surface area (Å²) in [6.45, 7) is 0. The van der Waals surface area contributed by atoms with Gasteiger partial charge in [-0.05, 0) is 59.7 Å². The van der Waals surface area contributed by atoms with Crippen molar-refractivity contribution in [2.75, 3.05) is 23.5 Å². The Morgan fingerprint density at radius 1 is 0.950 bits per heavy atom. The smallest absolute Gasteiger partial charge is 0.406 e. The number of hydrogen-bond acceptors (Lipinski definition) is 8. The van der Waals surface area contributed by atoms with E-state index in [0.29, 0.717) is 17.1 Å². The highest BCUT2D eigenvalue weighted by atomic mass is 32.2. The first-order chi connectivity index (χ1) is 18.9. The number of hydrogen-bond donors (Lipinski definition) is 1. The number of alkyl halides is 3. The molecule has 0 aliphatic heterocycles. The summed E-state index contributed by atoms with van der Waals surface area (Å²) in [6.07, 6.45) is -1.80. The van der Waals surface area contributed by atoms with Gasteiger partial charge in [0.1, 0.15) is 17.4 Å². The van der Waals surface area contributed by atoms with E-state index in [1.54, 1.807) is 24.4 Å². The third kappa shape index (κ3) is 8.03. The van der Waals surface area contributed by atoms with E-state index >= 15 is 0 Å². The quantitative estimate of drug-likeness (QED) is 0.261. The lowest BCUT2D eigenvalue weighted by molar-refractivity contribution is -0.274. The van der Waals surface area contributed by atoms with Crippen LogP contribution in [0.25, 0.3) is 0 Å². The number of anilines is 4. The third-order valence-corrected chi connectivity index (χ3v) is 6.90. The molecule has 0 spiro atoms. The van der Waals surface area contributed by atoms with Crippen LogP contribution in [0.15, 0.2) is 90.0 Å². The summed E-state index contributed by atoms with van der Waals surface area (Å²) >= 11 is 0. The average Bonchev–Trinajstić information content (AvgIpc) is 2.89. The fourth-order valence-corrected chi connectivity index (χ4v) is 4.49. The molecule has 12 heteroatoms. The van der Waals surface area contributed by atoms with Gasteiger partial charge in [0.25, 0.3) is 0 Å². The van der Waals surface area contributed by atoms with E-state index in [9.17, 15) is 26.4 Å². The summed E-state index contributed by atoms with van der Waals surface area (Å²) in [6, 6.07) is 20.6. The van der Waals surface area contributed by atoms with Crippen LogP contribution in [0.2, 0.25) is 0 Å². The predicted octanol–water partition coefficient (Wildman–Crippen LogP) is 5.64. The molecule has 3 aromatic carbocycles. The van der Waals surface area contributed by atoms with Gasteiger partial charge in [0.15, 0.2) is 9.84 Å². The first kappa shape index (κ1) is 28.6. The molecule has 0 amide bonds. The fourth-order valence-electron chi connectivity index (χ4n) is 3.83. The summed E-state index contributed by atoms with van der Waals surface area (Å²) < 4.78 is 64.4. The lowest BCUT2D eigenvalue weighted by Crippen LogP contribution is -2.17. The van der Waals surface area contributed by atoms with Crippen molar-refractivity contribution in [3.8, 4) is 5.75 Å². The number of ether oxygens (including phenoxy) is 1. The number of sulfone groups is 1. The maximum atomic E-state index is 12.5. The predicted molar refractivity (Wildman–Crippen MR) is 145 cm³/mol. The molecule has 0 saturated heterocycles. The van der Waals surface area contributed by atoms with E-state index in [1.165, 1.54) is 36.4 Å². The molecule has 40 heavy (non-hydrogen) atoms. The van der Waals surface area contributed by atoms with Gasteiger partial charge in [0.2, 0.25) is 5.95 Å². The summed E-state index contributed by atoms with van der Waals surface area (Å²) in [5, 5.41) is 3.02. The summed E-state index contributed by atoms with van der Waals surface area (Å²) in [7, 11) is -1.54. The van der Waals surface area contributed by atoms with Crippen molar-refractivity contribution in [3.63, 3.8) is 0 Å². The molecule has 0 unspecified atom stereocenters. The maximum absolute atomic E-state index is 12.5. The molecule has 1 N–H and O–H groups in total. The number of ketones is 1. The van der Waals surface area contributed by atoms with E-state index in [4.69, 9.17) is 0 Å². The van der Waals surface area contributed by atoms with E-state index in [1.807, 2.05) is 36.2 Å². The van der Waals surface area contributed by atoms with Crippen LogP contribution in [0, 0.1) is 0 Å². The Morgan fingerprint density at radius 2 is 1.57 bits per heavy atom. The van der Waals surface area contributed by atoms with Crippen molar-refractivity contribution >= 4 is 38.8 Å². The average molecular weight is 571 g/mol. The van der Waals surface area contributed by atoms with Crippen LogP contribution >= 0.6 is 0 Å². The Balaban J connectivity index is 1.37. The SMILES string of the molecule is CN(c1ccc(CC(=O)Cc2ccc(OC(F)(F)F)cc2)cc1)c1ccnc(Nc2cccc(S(C)(=O)=O)c2)n1. The highest BCUT2D eigenvalue weighted by Gasteiger charge is 2.31. The molecule has 4 aromatic rings. The first-order valence-corrected chi connectivity index (χ1v) is 13.8. The molecule has 0 radical (unpaired) electrons. The number of aromatic nitrogens is 2. The standard InChI is InChI=1S/C28H25F3N4O4S/c1-35(26-14-15-32-27(34-26)33-21-4-3-5-25(18-21)40(2,37)38)22-10-6-19(7-11-22)16-23(36)17-20-8-12-24(13-9-20)39-28(29,30)31/h3-15,18H,16-17H2,1-2H3,(H,32,33,34). The van der Waals surface area contributed by atoms with E-state index in [0.717, 1.165) is 17.5 Å². The second kappa shape index (κ2) is 11.7. The van der Waals surface area contributed by atoms with Crippen molar-refractivity contribution in [1.29, 1.82) is 0 Å². The highest BCUT2D eigenvalue weighted by Crippen LogP contribution is 2.25. The number of nitrogens with zero attached hydrogens (tertiary/aromatic N) is 3. The minimum absolute atomic E-state index is 0.0811. The summed E-state index contributed by atoms with van der Waals surface area (Å²) in [5.74, 6) is 0.446. The van der Waals surface area contributed by atoms with Crippen molar-refractivity contribution in [2.45, 2.75) is 24.1 Å². The lowest BCUT2D eigenvalue weighted by Gasteiger charge is -2.19. The maximum Gasteiger partial charge on any atom is 0.573 e. The van der Waals surface area contributed by atoms with Crippen molar-refractivity contribution in [1.82, 2.24) is 9.97 Å². The molecule has 4 rings (SSSR count). The molecule has 208 valence electrons. The Bertz CT molecular complexity index is 1590. The normalized spacial score (nSPS) is 11.6. The number of rotatable bonds is 10. The zero-order valence-electron chi connectivity index (χ0n) is 21.5. The Morgan fingerprint density at radius 3 is 2.17 bits per heavy atom. The van der Waals surface area contributed by atoms with Crippen molar-refractivity contribution in [3.05, 3.63) is 96.2 Å². The Labute approximate surface area is 229 Å². The molecule has 0 bridgehead atoms. The third-order valence-electron chi connectivity index (χ3n) is 5.79. The topological polar surface area (TPSA) is 101 Å². The van der Waals surface area contributed by atoms with Crippen LogP contribution in [-0.4, -0.2) is 43.8 Å². The second-order valence-electron chi connectivity index (χ2n) is 8.97. The van der Waals surface area contributed by atoms with Gasteiger partial charge < -0.3 is 15.0 Å². The number of carbonyl (C=O) groups excluding carboxylic acids is 1. The van der Waals surface area contributed by atoms with Gasteiger partial charge in [-0.25, -0.2) is 13.4 Å². The fraction of sp³-hybridized carbons (Fsp3) is 0.179. The van der Waals surface area contributed by atoms with Gasteiger partial charge in [-0.1, -0.05) is 30.3 Å². The summed E-state index contributed by atoms with van der Waals surface area (Å²) in [4.78, 5) is 23.2. The molecule has 8 nitrogen and oxygen atoms in total. The monoisotopic (exact) mass is 570 g/mol. The number of halogens is 3. The Hall–Kier alpha value is -4.45. The molecule has 1 aromatic heterocycles. The van der Waals surface area contributed by atoms with Crippen LogP contribution in [0.4, 0.5) is 36.3 Å². The van der Waals surface area contributed by atoms with Crippen molar-refractivity contribution in [2.24, 2.45) is 0 Å². The van der Waals surface area contributed by atoms with Gasteiger partial charge in [0.05, 0.1) is 4.90 Å². The van der Waals surface area contributed by atoms with Crippen LogP contribution < -0.4 is 15.0 Å². The zero-order chi connectivity index (χ0) is 28.9. The van der Waals surface area contributed by atoms with Crippen LogP contribution in [0.3, 0.4) is 0 Å². The lowest BCUT2D eigenvalue weighted by atomic mass is 10.0. The number of carbonyl (C=O) groups is 1. The zero-order valence-corrected chi connectivity index (χ0v) is 22.3. The molecule has 0 atom stereocenters. The van der Waals surface area contributed by atoms with Gasteiger partial charge in [-0.2, -0.15) is 4.98 Å². The van der Waals surface area contributed by atoms with E-state index in [2.05, 4.69) is 20.0 Å². The molecule has 0 saturated carbocycles. The molecular weight excluding hydrogens is 545 g/mol. The van der Waals surface area contributed by atoms with Gasteiger partial charge in [0, 0.05) is 43.7 Å². The molecular formula is C28H25F3N4O4S. The molecule has 0 fully saturated rings. The van der Waals surface area contributed by atoms with Gasteiger partial charge in [-0.3, -0.25) is 4.79 Å². The van der Waals surface area contributed by atoms with E-state index < -0.39 is 16.2 Å². The minimum Gasteiger partial charge on any atom is -0.406 e. The molecule has 0 aliphatic carbocycles. The Kier molecular flexibility index (Phi) is 8.38. The van der Waals surface area contributed by atoms with Crippen LogP contribution in [0.1, 0.15) is 11.1 Å². The minimum atomic E-state index is -4.77. The first-order valence-electron chi connectivity index (χ1n) is 11.9. The van der Waals surface area contributed by atoms with Gasteiger partial charge in [-0.15, -0.1) is 13.2 Å². The second-order valence-corrected chi connectivity index (χ2v) is 11.0. The number of Topliss-reactive ketones (excluding diaryl/α,β-unsaturated/α-hetero) is 1. The molecule has 1 heterocycles. The van der Waals surface area contributed by atoms with Crippen LogP contribution in [-0.2, 0) is 27.5 Å².